The van der Waals surface area contributed by atoms with Crippen molar-refractivity contribution >= 4 is 5.91 Å². The Bertz CT molecular complexity index is 678. The molecule has 24 heavy (non-hydrogen) atoms. The van der Waals surface area contributed by atoms with Gasteiger partial charge < -0.3 is 10.4 Å². The molecular weight excluding hydrogens is 309 g/mol. The molecule has 0 aliphatic rings. The summed E-state index contributed by atoms with van der Waals surface area (Å²) in [7, 11) is 0. The molecule has 1 heterocycles. The minimum absolute atomic E-state index is 0.113. The Kier molecular flexibility index (Phi) is 5.72. The third-order valence-electron chi connectivity index (χ3n) is 3.69. The van der Waals surface area contributed by atoms with Gasteiger partial charge in [-0.1, -0.05) is 13.8 Å². The smallest absolute Gasteiger partial charge is 0.226 e. The van der Waals surface area contributed by atoms with E-state index >= 15 is 0 Å². The van der Waals surface area contributed by atoms with Crippen LogP contribution in [-0.2, 0) is 11.2 Å². The molecule has 5 nitrogen and oxygen atoms in total. The van der Waals surface area contributed by atoms with Crippen LogP contribution in [0, 0.1) is 11.2 Å². The Morgan fingerprint density at radius 3 is 2.62 bits per heavy atom. The Morgan fingerprint density at radius 1 is 1.33 bits per heavy atom. The summed E-state index contributed by atoms with van der Waals surface area (Å²) in [5.74, 6) is -0.414. The van der Waals surface area contributed by atoms with E-state index in [0.717, 1.165) is 5.69 Å². The first kappa shape index (κ1) is 18.1. The van der Waals surface area contributed by atoms with Crippen molar-refractivity contribution in [3.05, 3.63) is 48.0 Å². The first-order valence-electron chi connectivity index (χ1n) is 8.00. The number of nitrogens with zero attached hydrogens (tertiary/aromatic N) is 2. The van der Waals surface area contributed by atoms with Crippen LogP contribution in [0.2, 0.25) is 0 Å². The molecule has 0 radical (unpaired) electrons. The molecule has 6 heteroatoms. The van der Waals surface area contributed by atoms with Crippen LogP contribution in [0.4, 0.5) is 4.39 Å². The lowest BCUT2D eigenvalue weighted by Crippen LogP contribution is -2.36. The van der Waals surface area contributed by atoms with Gasteiger partial charge in [0.15, 0.2) is 0 Å². The topological polar surface area (TPSA) is 67.2 Å². The number of carbonyl (C=O) groups excluding carboxylic acids is 1. The summed E-state index contributed by atoms with van der Waals surface area (Å²) in [6.45, 7) is 6.24. The van der Waals surface area contributed by atoms with Gasteiger partial charge in [0.05, 0.1) is 23.9 Å². The van der Waals surface area contributed by atoms with Crippen molar-refractivity contribution in [1.29, 1.82) is 0 Å². The van der Waals surface area contributed by atoms with Gasteiger partial charge in [-0.3, -0.25) is 4.79 Å². The van der Waals surface area contributed by atoms with Crippen LogP contribution in [0.15, 0.2) is 36.5 Å². The van der Waals surface area contributed by atoms with E-state index in [1.54, 1.807) is 36.0 Å². The van der Waals surface area contributed by atoms with Gasteiger partial charge in [0.25, 0.3) is 0 Å². The van der Waals surface area contributed by atoms with E-state index in [1.807, 2.05) is 13.8 Å². The van der Waals surface area contributed by atoms with Crippen LogP contribution in [-0.4, -0.2) is 33.4 Å². The maximum Gasteiger partial charge on any atom is 0.226 e. The van der Waals surface area contributed by atoms with E-state index in [0.29, 0.717) is 18.7 Å². The first-order valence-corrected chi connectivity index (χ1v) is 8.00. The summed E-state index contributed by atoms with van der Waals surface area (Å²) in [6.07, 6.45) is 2.14. The van der Waals surface area contributed by atoms with E-state index in [-0.39, 0.29) is 23.6 Å². The molecule has 0 fully saturated rings. The van der Waals surface area contributed by atoms with Gasteiger partial charge in [0, 0.05) is 12.7 Å². The highest BCUT2D eigenvalue weighted by Gasteiger charge is 2.21. The van der Waals surface area contributed by atoms with Crippen LogP contribution in [0.1, 0.15) is 32.9 Å². The SMILES string of the molecule is CC(O)CC(C)(C)CNC(=O)Cc1ccn(-c2ccc(F)cc2)n1. The second-order valence-corrected chi connectivity index (χ2v) is 6.90. The second-order valence-electron chi connectivity index (χ2n) is 6.90. The van der Waals surface area contributed by atoms with Crippen molar-refractivity contribution in [3.63, 3.8) is 0 Å². The number of aliphatic hydroxyl groups excluding tert-OH is 1. The second kappa shape index (κ2) is 7.57. The van der Waals surface area contributed by atoms with Crippen molar-refractivity contribution in [2.45, 2.75) is 39.7 Å². The fourth-order valence-electron chi connectivity index (χ4n) is 2.63. The number of hydrogen-bond donors (Lipinski definition) is 2. The number of benzene rings is 1. The van der Waals surface area contributed by atoms with Gasteiger partial charge in [0.2, 0.25) is 5.91 Å². The Labute approximate surface area is 141 Å². The molecule has 0 saturated carbocycles. The van der Waals surface area contributed by atoms with E-state index in [9.17, 15) is 14.3 Å². The lowest BCUT2D eigenvalue weighted by Gasteiger charge is -2.26. The van der Waals surface area contributed by atoms with Crippen LogP contribution in [0.5, 0.6) is 0 Å². The van der Waals surface area contributed by atoms with Gasteiger partial charge in [-0.05, 0) is 49.1 Å². The van der Waals surface area contributed by atoms with Crippen molar-refractivity contribution in [2.75, 3.05) is 6.54 Å². The third-order valence-corrected chi connectivity index (χ3v) is 3.69. The number of nitrogens with one attached hydrogen (secondary N) is 1. The molecule has 1 aromatic carbocycles. The number of rotatable bonds is 7. The van der Waals surface area contributed by atoms with E-state index < -0.39 is 6.10 Å². The number of amides is 1. The predicted octanol–water partition coefficient (Wildman–Crippen LogP) is 2.47. The molecule has 0 spiro atoms. The Hall–Kier alpha value is -2.21. The van der Waals surface area contributed by atoms with Crippen LogP contribution < -0.4 is 5.32 Å². The average Bonchev–Trinajstić information content (AvgIpc) is 2.93. The molecule has 1 unspecified atom stereocenters. The lowest BCUT2D eigenvalue weighted by molar-refractivity contribution is -0.121. The molecule has 1 amide bonds. The molecule has 130 valence electrons. The maximum atomic E-state index is 12.9. The van der Waals surface area contributed by atoms with Crippen molar-refractivity contribution < 1.29 is 14.3 Å². The minimum Gasteiger partial charge on any atom is -0.393 e. The van der Waals surface area contributed by atoms with Gasteiger partial charge in [-0.2, -0.15) is 5.10 Å². The number of carbonyl (C=O) groups is 1. The summed E-state index contributed by atoms with van der Waals surface area (Å²) < 4.78 is 14.6. The third kappa shape index (κ3) is 5.45. The quantitative estimate of drug-likeness (QED) is 0.818. The fourth-order valence-corrected chi connectivity index (χ4v) is 2.63. The summed E-state index contributed by atoms with van der Waals surface area (Å²) in [5.41, 5.74) is 1.21. The number of aromatic nitrogens is 2. The van der Waals surface area contributed by atoms with Crippen LogP contribution in [0.3, 0.4) is 0 Å². The number of hydrogen-bond acceptors (Lipinski definition) is 3. The Balaban J connectivity index is 1.90. The van der Waals surface area contributed by atoms with Gasteiger partial charge in [-0.15, -0.1) is 0 Å². The highest BCUT2D eigenvalue weighted by atomic mass is 19.1. The van der Waals surface area contributed by atoms with Crippen molar-refractivity contribution in [2.24, 2.45) is 5.41 Å². The number of aliphatic hydroxyl groups is 1. The Morgan fingerprint density at radius 2 is 2.00 bits per heavy atom. The summed E-state index contributed by atoms with van der Waals surface area (Å²) in [4.78, 5) is 12.1. The standard InChI is InChI=1S/C18H24FN3O2/c1-13(23)11-18(2,3)12-20-17(24)10-15-8-9-22(21-15)16-6-4-14(19)5-7-16/h4-9,13,23H,10-12H2,1-3H3,(H,20,24). The molecule has 0 aliphatic carbocycles. The normalized spacial score (nSPS) is 12.9. The molecule has 0 saturated heterocycles. The van der Waals surface area contributed by atoms with E-state index in [4.69, 9.17) is 0 Å². The number of halogens is 1. The van der Waals surface area contributed by atoms with E-state index in [2.05, 4.69) is 10.4 Å². The minimum atomic E-state index is -0.400. The molecule has 2 rings (SSSR count). The molecule has 2 N–H and O–H groups in total. The maximum absolute atomic E-state index is 12.9. The van der Waals surface area contributed by atoms with Gasteiger partial charge in [-0.25, -0.2) is 9.07 Å². The summed E-state index contributed by atoms with van der Waals surface area (Å²) in [5, 5.41) is 16.7. The molecule has 1 aromatic heterocycles. The fraction of sp³-hybridized carbons (Fsp3) is 0.444. The first-order chi connectivity index (χ1) is 11.2. The zero-order valence-corrected chi connectivity index (χ0v) is 14.3. The van der Waals surface area contributed by atoms with Crippen molar-refractivity contribution in [1.82, 2.24) is 15.1 Å². The average molecular weight is 333 g/mol. The predicted molar refractivity (Wildman–Crippen MR) is 90.3 cm³/mol. The van der Waals surface area contributed by atoms with E-state index in [1.165, 1.54) is 12.1 Å². The lowest BCUT2D eigenvalue weighted by atomic mass is 9.87. The molecular formula is C18H24FN3O2. The van der Waals surface area contributed by atoms with Crippen LogP contribution >= 0.6 is 0 Å². The van der Waals surface area contributed by atoms with Gasteiger partial charge in [0.1, 0.15) is 5.82 Å². The van der Waals surface area contributed by atoms with Crippen molar-refractivity contribution in [3.8, 4) is 5.69 Å². The molecule has 2 aromatic rings. The zero-order chi connectivity index (χ0) is 17.7. The van der Waals surface area contributed by atoms with Gasteiger partial charge >= 0.3 is 0 Å². The summed E-state index contributed by atoms with van der Waals surface area (Å²) >= 11 is 0. The molecule has 1 atom stereocenters. The van der Waals surface area contributed by atoms with Crippen LogP contribution in [0.25, 0.3) is 5.69 Å². The highest BCUT2D eigenvalue weighted by molar-refractivity contribution is 5.78. The molecule has 0 bridgehead atoms. The molecule has 0 aliphatic heterocycles. The summed E-state index contributed by atoms with van der Waals surface area (Å²) in [6, 6.07) is 7.76. The zero-order valence-electron chi connectivity index (χ0n) is 14.3. The largest absolute Gasteiger partial charge is 0.393 e. The monoisotopic (exact) mass is 333 g/mol. The highest BCUT2D eigenvalue weighted by Crippen LogP contribution is 2.21.